The maximum absolute atomic E-state index is 9.88. The molecule has 1 N–H and O–H groups in total. The van der Waals surface area contributed by atoms with Gasteiger partial charge in [-0.15, -0.1) is 0 Å². The number of benzene rings is 1. The third kappa shape index (κ3) is 3.72. The van der Waals surface area contributed by atoms with E-state index < -0.39 is 6.10 Å². The number of ether oxygens (including phenoxy) is 1. The molecule has 1 aromatic heterocycles. The van der Waals surface area contributed by atoms with Gasteiger partial charge in [0.05, 0.1) is 11.1 Å². The van der Waals surface area contributed by atoms with Crippen LogP contribution in [-0.2, 0) is 6.42 Å². The molecule has 0 aliphatic heterocycles. The minimum atomic E-state index is -0.592. The number of nitrogens with zero attached hydrogens (tertiary/aromatic N) is 1. The van der Waals surface area contributed by atoms with Gasteiger partial charge in [0.2, 0.25) is 0 Å². The van der Waals surface area contributed by atoms with Gasteiger partial charge in [-0.2, -0.15) is 0 Å². The molecule has 0 aliphatic rings. The first kappa shape index (κ1) is 12.9. The zero-order valence-corrected chi connectivity index (χ0v) is 10.5. The maximum Gasteiger partial charge on any atom is 0.119 e. The van der Waals surface area contributed by atoms with Crippen molar-refractivity contribution in [3.05, 3.63) is 59.4 Å². The van der Waals surface area contributed by atoms with Crippen molar-refractivity contribution in [1.82, 2.24) is 4.98 Å². The third-order valence-corrected chi connectivity index (χ3v) is 2.84. The highest BCUT2D eigenvalue weighted by atomic mass is 35.5. The summed E-state index contributed by atoms with van der Waals surface area (Å²) in [6.45, 7) is 0.239. The normalized spacial score (nSPS) is 12.1. The Morgan fingerprint density at radius 1 is 1.22 bits per heavy atom. The Bertz CT molecular complexity index is 490. The van der Waals surface area contributed by atoms with Gasteiger partial charge in [0, 0.05) is 18.8 Å². The largest absolute Gasteiger partial charge is 0.491 e. The van der Waals surface area contributed by atoms with Crippen LogP contribution in [-0.4, -0.2) is 22.8 Å². The fourth-order valence-corrected chi connectivity index (χ4v) is 1.79. The summed E-state index contributed by atoms with van der Waals surface area (Å²) in [5, 5.41) is 10.5. The Kier molecular flexibility index (Phi) is 4.56. The standard InChI is InChI=1S/C14H14ClNO2/c15-14-9-16-7-6-11(14)8-12(17)10-18-13-4-2-1-3-5-13/h1-7,9,12,17H,8,10H2. The van der Waals surface area contributed by atoms with Crippen molar-refractivity contribution >= 4 is 11.6 Å². The summed E-state index contributed by atoms with van der Waals surface area (Å²) in [7, 11) is 0. The molecule has 1 aromatic carbocycles. The van der Waals surface area contributed by atoms with Crippen molar-refractivity contribution in [2.45, 2.75) is 12.5 Å². The summed E-state index contributed by atoms with van der Waals surface area (Å²) < 4.78 is 5.47. The summed E-state index contributed by atoms with van der Waals surface area (Å²) in [5.74, 6) is 0.748. The highest BCUT2D eigenvalue weighted by Gasteiger charge is 2.09. The van der Waals surface area contributed by atoms with E-state index in [1.807, 2.05) is 30.3 Å². The van der Waals surface area contributed by atoms with Crippen molar-refractivity contribution in [3.8, 4) is 5.75 Å². The zero-order valence-electron chi connectivity index (χ0n) is 9.79. The quantitative estimate of drug-likeness (QED) is 0.902. The average Bonchev–Trinajstić information content (AvgIpc) is 2.40. The fraction of sp³-hybridized carbons (Fsp3) is 0.214. The van der Waals surface area contributed by atoms with Crippen LogP contribution in [0.25, 0.3) is 0 Å². The van der Waals surface area contributed by atoms with Gasteiger partial charge in [-0.3, -0.25) is 4.98 Å². The third-order valence-electron chi connectivity index (χ3n) is 2.50. The lowest BCUT2D eigenvalue weighted by atomic mass is 10.1. The number of hydrogen-bond donors (Lipinski definition) is 1. The van der Waals surface area contributed by atoms with E-state index in [2.05, 4.69) is 4.98 Å². The molecule has 1 heterocycles. The molecule has 0 aliphatic carbocycles. The van der Waals surface area contributed by atoms with Gasteiger partial charge in [-0.05, 0) is 23.8 Å². The number of halogens is 1. The smallest absolute Gasteiger partial charge is 0.119 e. The molecule has 2 aromatic rings. The molecule has 94 valence electrons. The minimum absolute atomic E-state index is 0.239. The Hall–Kier alpha value is -1.58. The average molecular weight is 264 g/mol. The second-order valence-corrected chi connectivity index (χ2v) is 4.36. The molecule has 0 fully saturated rings. The summed E-state index contributed by atoms with van der Waals surface area (Å²) in [6, 6.07) is 11.2. The van der Waals surface area contributed by atoms with Gasteiger partial charge in [-0.1, -0.05) is 29.8 Å². The number of aromatic nitrogens is 1. The lowest BCUT2D eigenvalue weighted by molar-refractivity contribution is 0.108. The molecule has 2 rings (SSSR count). The summed E-state index contributed by atoms with van der Waals surface area (Å²) >= 11 is 5.97. The Morgan fingerprint density at radius 2 is 2.00 bits per heavy atom. The van der Waals surface area contributed by atoms with Crippen LogP contribution in [0.1, 0.15) is 5.56 Å². The van der Waals surface area contributed by atoms with Gasteiger partial charge in [0.1, 0.15) is 12.4 Å². The van der Waals surface area contributed by atoms with E-state index in [1.54, 1.807) is 18.5 Å². The lowest BCUT2D eigenvalue weighted by Crippen LogP contribution is -2.20. The summed E-state index contributed by atoms with van der Waals surface area (Å²) in [6.07, 6.45) is 3.09. The van der Waals surface area contributed by atoms with E-state index in [0.29, 0.717) is 11.4 Å². The molecule has 4 heteroatoms. The molecule has 3 nitrogen and oxygen atoms in total. The van der Waals surface area contributed by atoms with Crippen molar-refractivity contribution in [1.29, 1.82) is 0 Å². The number of pyridine rings is 1. The molecular formula is C14H14ClNO2. The number of rotatable bonds is 5. The number of aliphatic hydroxyl groups excluding tert-OH is 1. The fourth-order valence-electron chi connectivity index (χ4n) is 1.59. The topological polar surface area (TPSA) is 42.4 Å². The summed E-state index contributed by atoms with van der Waals surface area (Å²) in [5.41, 5.74) is 0.871. The van der Waals surface area contributed by atoms with E-state index in [9.17, 15) is 5.11 Å². The molecule has 18 heavy (non-hydrogen) atoms. The monoisotopic (exact) mass is 263 g/mol. The first-order valence-electron chi connectivity index (χ1n) is 5.70. The first-order valence-corrected chi connectivity index (χ1v) is 6.08. The minimum Gasteiger partial charge on any atom is -0.491 e. The van der Waals surface area contributed by atoms with Crippen LogP contribution < -0.4 is 4.74 Å². The van der Waals surface area contributed by atoms with E-state index in [0.717, 1.165) is 11.3 Å². The van der Waals surface area contributed by atoms with Gasteiger partial charge in [0.15, 0.2) is 0 Å². The zero-order chi connectivity index (χ0) is 12.8. The first-order chi connectivity index (χ1) is 8.75. The molecule has 0 bridgehead atoms. The van der Waals surface area contributed by atoms with Crippen LogP contribution in [0.15, 0.2) is 48.8 Å². The van der Waals surface area contributed by atoms with Crippen LogP contribution >= 0.6 is 11.6 Å². The SMILES string of the molecule is OC(COc1ccccc1)Cc1ccncc1Cl. The van der Waals surface area contributed by atoms with Gasteiger partial charge >= 0.3 is 0 Å². The van der Waals surface area contributed by atoms with Crippen LogP contribution in [0.5, 0.6) is 5.75 Å². The number of hydrogen-bond acceptors (Lipinski definition) is 3. The molecule has 0 amide bonds. The predicted molar refractivity (Wildman–Crippen MR) is 70.9 cm³/mol. The second-order valence-electron chi connectivity index (χ2n) is 3.95. The molecule has 0 saturated heterocycles. The van der Waals surface area contributed by atoms with Crippen LogP contribution in [0.4, 0.5) is 0 Å². The number of para-hydroxylation sites is 1. The molecular weight excluding hydrogens is 250 g/mol. The molecule has 1 unspecified atom stereocenters. The van der Waals surface area contributed by atoms with Crippen molar-refractivity contribution in [3.63, 3.8) is 0 Å². The van der Waals surface area contributed by atoms with Crippen LogP contribution in [0.2, 0.25) is 5.02 Å². The van der Waals surface area contributed by atoms with E-state index in [1.165, 1.54) is 0 Å². The lowest BCUT2D eigenvalue weighted by Gasteiger charge is -2.13. The van der Waals surface area contributed by atoms with Crippen molar-refractivity contribution in [2.24, 2.45) is 0 Å². The van der Waals surface area contributed by atoms with Gasteiger partial charge in [-0.25, -0.2) is 0 Å². The van der Waals surface area contributed by atoms with Gasteiger partial charge in [0.25, 0.3) is 0 Å². The number of aliphatic hydroxyl groups is 1. The second kappa shape index (κ2) is 6.38. The van der Waals surface area contributed by atoms with E-state index >= 15 is 0 Å². The van der Waals surface area contributed by atoms with Crippen LogP contribution in [0.3, 0.4) is 0 Å². The maximum atomic E-state index is 9.88. The Balaban J connectivity index is 1.86. The highest BCUT2D eigenvalue weighted by molar-refractivity contribution is 6.31. The summed E-state index contributed by atoms with van der Waals surface area (Å²) in [4.78, 5) is 3.90. The Morgan fingerprint density at radius 3 is 2.72 bits per heavy atom. The van der Waals surface area contributed by atoms with Crippen LogP contribution in [0, 0.1) is 0 Å². The van der Waals surface area contributed by atoms with E-state index in [4.69, 9.17) is 16.3 Å². The Labute approximate surface area is 111 Å². The van der Waals surface area contributed by atoms with Gasteiger partial charge < -0.3 is 9.84 Å². The predicted octanol–water partition coefficient (Wildman–Crippen LogP) is 2.72. The van der Waals surface area contributed by atoms with Crippen molar-refractivity contribution in [2.75, 3.05) is 6.61 Å². The molecule has 0 saturated carbocycles. The molecule has 0 radical (unpaired) electrons. The molecule has 0 spiro atoms. The van der Waals surface area contributed by atoms with Crippen molar-refractivity contribution < 1.29 is 9.84 Å². The highest BCUT2D eigenvalue weighted by Crippen LogP contribution is 2.16. The van der Waals surface area contributed by atoms with E-state index in [-0.39, 0.29) is 6.61 Å². The molecule has 1 atom stereocenters.